The molecule has 0 aliphatic rings. The van der Waals surface area contributed by atoms with E-state index in [0.29, 0.717) is 6.42 Å². The molecule has 1 atom stereocenters. The first-order valence-electron chi connectivity index (χ1n) is 5.14. The van der Waals surface area contributed by atoms with Crippen LogP contribution in [0, 0.1) is 0 Å². The van der Waals surface area contributed by atoms with E-state index in [1.807, 2.05) is 19.9 Å². The minimum absolute atomic E-state index is 0.174. The second kappa shape index (κ2) is 5.21. The second-order valence-corrected chi connectivity index (χ2v) is 4.63. The Kier molecular flexibility index (Phi) is 4.41. The van der Waals surface area contributed by atoms with Crippen LogP contribution in [0.3, 0.4) is 0 Å². The van der Waals surface area contributed by atoms with Crippen LogP contribution in [0.25, 0.3) is 0 Å². The molecule has 0 saturated heterocycles. The zero-order valence-electron chi connectivity index (χ0n) is 9.18. The molecule has 0 radical (unpaired) electrons. The highest BCUT2D eigenvalue weighted by Gasteiger charge is 2.38. The molecule has 1 aromatic heterocycles. The van der Waals surface area contributed by atoms with Crippen molar-refractivity contribution in [2.24, 2.45) is 0 Å². The molecule has 1 rings (SSSR count). The third-order valence-electron chi connectivity index (χ3n) is 2.33. The van der Waals surface area contributed by atoms with E-state index in [2.05, 4.69) is 21.0 Å². The van der Waals surface area contributed by atoms with Crippen molar-refractivity contribution in [1.29, 1.82) is 0 Å². The first kappa shape index (κ1) is 13.5. The molecule has 0 bridgehead atoms. The lowest BCUT2D eigenvalue weighted by atomic mass is 10.2. The van der Waals surface area contributed by atoms with Crippen molar-refractivity contribution in [1.82, 2.24) is 9.78 Å². The third kappa shape index (κ3) is 3.23. The molecule has 0 amide bonds. The number of hydrogen-bond acceptors (Lipinski definition) is 1. The van der Waals surface area contributed by atoms with E-state index in [-0.39, 0.29) is 6.54 Å². The fourth-order valence-corrected chi connectivity index (χ4v) is 1.66. The zero-order chi connectivity index (χ0) is 12.3. The van der Waals surface area contributed by atoms with Crippen molar-refractivity contribution in [2.75, 3.05) is 0 Å². The maximum absolute atomic E-state index is 12.4. The average Bonchev–Trinajstić information content (AvgIpc) is 2.59. The van der Waals surface area contributed by atoms with Crippen LogP contribution in [0.15, 0.2) is 6.07 Å². The summed E-state index contributed by atoms with van der Waals surface area (Å²) in [6.07, 6.45) is -2.81. The van der Waals surface area contributed by atoms with Gasteiger partial charge in [-0.1, -0.05) is 29.8 Å². The molecule has 1 heterocycles. The zero-order valence-corrected chi connectivity index (χ0v) is 10.8. The number of rotatable bonds is 4. The van der Waals surface area contributed by atoms with E-state index >= 15 is 0 Å². The Morgan fingerprint density at radius 3 is 2.44 bits per heavy atom. The van der Waals surface area contributed by atoms with E-state index in [0.717, 1.165) is 17.8 Å². The normalized spacial score (nSPS) is 14.1. The summed E-state index contributed by atoms with van der Waals surface area (Å²) >= 11 is 2.64. The van der Waals surface area contributed by atoms with Crippen molar-refractivity contribution in [3.63, 3.8) is 0 Å². The van der Waals surface area contributed by atoms with Gasteiger partial charge in [0.25, 0.3) is 0 Å². The summed E-state index contributed by atoms with van der Waals surface area (Å²) in [6, 6.07) is 1.86. The first-order chi connectivity index (χ1) is 7.38. The SMILES string of the molecule is CCc1cc(CC)n(CC(Br)C(F)(F)F)n1. The average molecular weight is 299 g/mol. The third-order valence-corrected chi connectivity index (χ3v) is 3.14. The Bertz CT molecular complexity index is 346. The van der Waals surface area contributed by atoms with E-state index in [9.17, 15) is 13.2 Å². The maximum atomic E-state index is 12.4. The minimum Gasteiger partial charge on any atom is -0.268 e. The highest BCUT2D eigenvalue weighted by Crippen LogP contribution is 2.27. The Hall–Kier alpha value is -0.520. The second-order valence-electron chi connectivity index (χ2n) is 3.53. The van der Waals surface area contributed by atoms with Crippen molar-refractivity contribution >= 4 is 15.9 Å². The standard InChI is InChI=1S/C10H14BrF3N2/c1-3-7-5-8(4-2)16(15-7)6-9(11)10(12,13)14/h5,9H,3-4,6H2,1-2H3. The monoisotopic (exact) mass is 298 g/mol. The van der Waals surface area contributed by atoms with Gasteiger partial charge in [0, 0.05) is 5.69 Å². The Balaban J connectivity index is 2.83. The summed E-state index contributed by atoms with van der Waals surface area (Å²) in [4.78, 5) is -1.55. The molecule has 0 aromatic carbocycles. The van der Waals surface area contributed by atoms with Gasteiger partial charge in [0.1, 0.15) is 4.83 Å². The summed E-state index contributed by atoms with van der Waals surface area (Å²) in [6.45, 7) is 3.66. The van der Waals surface area contributed by atoms with Crippen LogP contribution < -0.4 is 0 Å². The van der Waals surface area contributed by atoms with Gasteiger partial charge in [-0.3, -0.25) is 4.68 Å². The largest absolute Gasteiger partial charge is 0.403 e. The molecular formula is C10H14BrF3N2. The van der Waals surface area contributed by atoms with Gasteiger partial charge >= 0.3 is 6.18 Å². The number of alkyl halides is 4. The van der Waals surface area contributed by atoms with Crippen LogP contribution in [0.4, 0.5) is 13.2 Å². The van der Waals surface area contributed by atoms with Crippen LogP contribution in [0.2, 0.25) is 0 Å². The highest BCUT2D eigenvalue weighted by atomic mass is 79.9. The Morgan fingerprint density at radius 2 is 2.00 bits per heavy atom. The predicted molar refractivity (Wildman–Crippen MR) is 59.8 cm³/mol. The summed E-state index contributed by atoms with van der Waals surface area (Å²) in [5.74, 6) is 0. The van der Waals surface area contributed by atoms with Crippen molar-refractivity contribution in [2.45, 2.75) is 44.2 Å². The number of halogens is 4. The summed E-state index contributed by atoms with van der Waals surface area (Å²) in [7, 11) is 0. The van der Waals surface area contributed by atoms with Gasteiger partial charge < -0.3 is 0 Å². The molecule has 0 aliphatic carbocycles. The molecule has 1 aromatic rings. The summed E-state index contributed by atoms with van der Waals surface area (Å²) in [5, 5.41) is 4.14. The van der Waals surface area contributed by atoms with Crippen LogP contribution >= 0.6 is 15.9 Å². The topological polar surface area (TPSA) is 17.8 Å². The Labute approximate surface area is 101 Å². The molecule has 1 unspecified atom stereocenters. The summed E-state index contributed by atoms with van der Waals surface area (Å²) < 4.78 is 38.5. The van der Waals surface area contributed by atoms with E-state index in [4.69, 9.17) is 0 Å². The molecule has 0 saturated carbocycles. The summed E-state index contributed by atoms with van der Waals surface area (Å²) in [5.41, 5.74) is 1.67. The van der Waals surface area contributed by atoms with Crippen LogP contribution in [0.5, 0.6) is 0 Å². The van der Waals surface area contributed by atoms with Crippen molar-refractivity contribution in [3.05, 3.63) is 17.5 Å². The highest BCUT2D eigenvalue weighted by molar-refractivity contribution is 9.09. The maximum Gasteiger partial charge on any atom is 0.403 e. The number of aryl methyl sites for hydroxylation is 2. The van der Waals surface area contributed by atoms with Gasteiger partial charge in [-0.05, 0) is 18.9 Å². The molecule has 0 spiro atoms. The van der Waals surface area contributed by atoms with Crippen LogP contribution in [-0.2, 0) is 19.4 Å². The van der Waals surface area contributed by atoms with E-state index < -0.39 is 11.0 Å². The molecule has 6 heteroatoms. The van der Waals surface area contributed by atoms with Crippen molar-refractivity contribution < 1.29 is 13.2 Å². The van der Waals surface area contributed by atoms with Gasteiger partial charge in [0.05, 0.1) is 12.2 Å². The quantitative estimate of drug-likeness (QED) is 0.780. The van der Waals surface area contributed by atoms with E-state index in [1.165, 1.54) is 4.68 Å². The lowest BCUT2D eigenvalue weighted by Gasteiger charge is -2.15. The molecule has 0 fully saturated rings. The first-order valence-corrected chi connectivity index (χ1v) is 6.06. The van der Waals surface area contributed by atoms with Gasteiger partial charge in [-0.15, -0.1) is 0 Å². The fourth-order valence-electron chi connectivity index (χ4n) is 1.39. The lowest BCUT2D eigenvalue weighted by molar-refractivity contribution is -0.129. The van der Waals surface area contributed by atoms with Crippen LogP contribution in [-0.4, -0.2) is 20.8 Å². The van der Waals surface area contributed by atoms with Crippen molar-refractivity contribution in [3.8, 4) is 0 Å². The molecule has 16 heavy (non-hydrogen) atoms. The number of nitrogens with zero attached hydrogens (tertiary/aromatic N) is 2. The molecule has 0 N–H and O–H groups in total. The van der Waals surface area contributed by atoms with E-state index in [1.54, 1.807) is 0 Å². The Morgan fingerprint density at radius 1 is 1.38 bits per heavy atom. The number of hydrogen-bond donors (Lipinski definition) is 0. The van der Waals surface area contributed by atoms with Gasteiger partial charge in [0.15, 0.2) is 0 Å². The predicted octanol–water partition coefficient (Wildman–Crippen LogP) is 3.33. The van der Waals surface area contributed by atoms with Gasteiger partial charge in [0.2, 0.25) is 0 Å². The molecular weight excluding hydrogens is 285 g/mol. The van der Waals surface area contributed by atoms with Gasteiger partial charge in [-0.25, -0.2) is 0 Å². The van der Waals surface area contributed by atoms with Gasteiger partial charge in [-0.2, -0.15) is 18.3 Å². The number of aromatic nitrogens is 2. The molecule has 2 nitrogen and oxygen atoms in total. The smallest absolute Gasteiger partial charge is 0.268 e. The fraction of sp³-hybridized carbons (Fsp3) is 0.700. The molecule has 0 aliphatic heterocycles. The lowest BCUT2D eigenvalue weighted by Crippen LogP contribution is -2.28. The molecule has 92 valence electrons. The van der Waals surface area contributed by atoms with Crippen LogP contribution in [0.1, 0.15) is 25.2 Å². The minimum atomic E-state index is -4.23.